The number of hydrogen-bond donors (Lipinski definition) is 3. The lowest BCUT2D eigenvalue weighted by Gasteiger charge is -2.35. The molecule has 56 heavy (non-hydrogen) atoms. The van der Waals surface area contributed by atoms with Crippen LogP contribution in [0.1, 0.15) is 64.7 Å². The summed E-state index contributed by atoms with van der Waals surface area (Å²) in [6.07, 6.45) is 2.40. The second kappa shape index (κ2) is 17.5. The van der Waals surface area contributed by atoms with Crippen LogP contribution in [-0.2, 0) is 6.54 Å². The normalized spacial score (nSPS) is 12.6. The molecule has 0 radical (unpaired) electrons. The second-order valence-electron chi connectivity index (χ2n) is 14.0. The number of aryl methyl sites for hydroxylation is 1. The summed E-state index contributed by atoms with van der Waals surface area (Å²) in [5.41, 5.74) is 11.2. The number of nitrogens with zero attached hydrogens (tertiary/aromatic N) is 3. The number of fused-ring (bicyclic) bond motifs is 2. The predicted molar refractivity (Wildman–Crippen MR) is 223 cm³/mol. The van der Waals surface area contributed by atoms with Crippen LogP contribution in [0.15, 0.2) is 138 Å². The van der Waals surface area contributed by atoms with Gasteiger partial charge in [0, 0.05) is 34.8 Å². The average Bonchev–Trinajstić information content (AvgIpc) is 3.18. The number of aromatic nitrogens is 2. The maximum absolute atomic E-state index is 13.9. The molecule has 10 heteroatoms. The number of phenols is 2. The van der Waals surface area contributed by atoms with Crippen LogP contribution in [-0.4, -0.2) is 43.7 Å². The van der Waals surface area contributed by atoms with Gasteiger partial charge in [0.1, 0.15) is 28.8 Å². The van der Waals surface area contributed by atoms with E-state index in [-0.39, 0.29) is 28.9 Å². The first kappa shape index (κ1) is 39.5. The van der Waals surface area contributed by atoms with Gasteiger partial charge in [-0.2, -0.15) is 0 Å². The molecule has 9 nitrogen and oxygen atoms in total. The van der Waals surface area contributed by atoms with E-state index in [1.165, 1.54) is 12.1 Å². The Hall–Kier alpha value is -6.16. The molecule has 2 heterocycles. The molecule has 0 aliphatic carbocycles. The van der Waals surface area contributed by atoms with Gasteiger partial charge >= 0.3 is 0 Å². The molecule has 0 fully saturated rings. The van der Waals surface area contributed by atoms with Crippen LogP contribution in [0.3, 0.4) is 0 Å². The van der Waals surface area contributed by atoms with Crippen LogP contribution in [0, 0.1) is 12.8 Å². The number of rotatable bonds is 10. The lowest BCUT2D eigenvalue weighted by atomic mass is 9.94. The van der Waals surface area contributed by atoms with Gasteiger partial charge in [0.05, 0.1) is 29.1 Å². The zero-order valence-electron chi connectivity index (χ0n) is 31.7. The first-order valence-electron chi connectivity index (χ1n) is 18.5. The van der Waals surface area contributed by atoms with E-state index in [0.29, 0.717) is 70.4 Å². The molecule has 5 aromatic carbocycles. The van der Waals surface area contributed by atoms with E-state index in [1.807, 2.05) is 111 Å². The Morgan fingerprint density at radius 3 is 2.29 bits per heavy atom. The van der Waals surface area contributed by atoms with Crippen molar-refractivity contribution in [3.8, 4) is 17.2 Å². The van der Waals surface area contributed by atoms with Gasteiger partial charge in [0.25, 0.3) is 11.5 Å². The van der Waals surface area contributed by atoms with Gasteiger partial charge in [-0.25, -0.2) is 4.98 Å². The highest BCUT2D eigenvalue weighted by Crippen LogP contribution is 2.44. The van der Waals surface area contributed by atoms with Crippen molar-refractivity contribution in [3.05, 3.63) is 183 Å². The van der Waals surface area contributed by atoms with Crippen LogP contribution in [0.5, 0.6) is 17.2 Å². The Morgan fingerprint density at radius 1 is 0.946 bits per heavy atom. The van der Waals surface area contributed by atoms with E-state index >= 15 is 0 Å². The number of nitrogens with two attached hydrogens (primary N) is 1. The molecule has 4 N–H and O–H groups in total. The highest BCUT2D eigenvalue weighted by Gasteiger charge is 2.33. The molecule has 286 valence electrons. The first-order valence-corrected chi connectivity index (χ1v) is 18.8. The minimum absolute atomic E-state index is 0.0161. The maximum Gasteiger partial charge on any atom is 0.261 e. The molecule has 6 aromatic rings. The van der Waals surface area contributed by atoms with Crippen LogP contribution < -0.4 is 16.0 Å². The van der Waals surface area contributed by atoms with Crippen molar-refractivity contribution in [2.45, 2.75) is 39.8 Å². The standard InChI is InChI=1S/C30H33ClN4O2.C16H12O3/c1-20(2)27(34(17-7-16-32)29(36)23-12-10-21(3)11-13-23)28-33-26-18-24(31)14-15-25(26)30(37)35(28)19-22-8-5-4-6-9-22;1-10-7-13(11-5-3-2-4-6-11)16-14(18)8-12(17)9-15(16)19-10/h4-6,8-15,18,20,27H,7,16-17,19,32H2,1-3H3;2-9,17-18H,1H2/t27-;/m1./s1. The predicted octanol–water partition coefficient (Wildman–Crippen LogP) is 9.03. The fraction of sp³-hybridized carbons (Fsp3) is 0.196. The zero-order chi connectivity index (χ0) is 39.9. The molecule has 1 aromatic heterocycles. The minimum Gasteiger partial charge on any atom is -0.508 e. The average molecular weight is 769 g/mol. The third-order valence-electron chi connectivity index (χ3n) is 9.49. The molecule has 0 saturated heterocycles. The van der Waals surface area contributed by atoms with Gasteiger partial charge < -0.3 is 25.6 Å². The minimum atomic E-state index is -0.458. The highest BCUT2D eigenvalue weighted by molar-refractivity contribution is 6.31. The summed E-state index contributed by atoms with van der Waals surface area (Å²) >= 11 is 6.28. The van der Waals surface area contributed by atoms with E-state index in [0.717, 1.165) is 22.3 Å². The van der Waals surface area contributed by atoms with Gasteiger partial charge in [-0.1, -0.05) is 110 Å². The summed E-state index contributed by atoms with van der Waals surface area (Å²) < 4.78 is 7.16. The van der Waals surface area contributed by atoms with E-state index in [9.17, 15) is 19.8 Å². The van der Waals surface area contributed by atoms with E-state index in [1.54, 1.807) is 28.8 Å². The number of benzene rings is 5. The summed E-state index contributed by atoms with van der Waals surface area (Å²) in [5, 5.41) is 20.6. The number of hydrogen-bond acceptors (Lipinski definition) is 7. The summed E-state index contributed by atoms with van der Waals surface area (Å²) in [4.78, 5) is 34.6. The van der Waals surface area contributed by atoms with Crippen LogP contribution >= 0.6 is 11.6 Å². The smallest absolute Gasteiger partial charge is 0.261 e. The molecule has 1 amide bonds. The number of halogens is 1. The summed E-state index contributed by atoms with van der Waals surface area (Å²) in [6.45, 7) is 11.1. The third kappa shape index (κ3) is 8.86. The molecule has 1 aliphatic heterocycles. The Balaban J connectivity index is 0.000000233. The molecular weight excluding hydrogens is 724 g/mol. The lowest BCUT2D eigenvalue weighted by molar-refractivity contribution is 0.0602. The molecule has 0 bridgehead atoms. The monoisotopic (exact) mass is 768 g/mol. The quantitative estimate of drug-likeness (QED) is 0.127. The van der Waals surface area contributed by atoms with Crippen molar-refractivity contribution in [2.24, 2.45) is 11.7 Å². The van der Waals surface area contributed by atoms with Crippen LogP contribution in [0.25, 0.3) is 16.5 Å². The van der Waals surface area contributed by atoms with Gasteiger partial charge in [0.2, 0.25) is 0 Å². The Kier molecular flexibility index (Phi) is 12.4. The maximum atomic E-state index is 13.9. The SMILES string of the molecule is C=C1C=C(c2ccccc2)c2c(O)cc(O)cc2O1.Cc1ccc(C(=O)N(CCCN)[C@@H](c2nc3cc(Cl)ccc3c(=O)n2Cc2ccccc2)C(C)C)cc1. The molecule has 1 atom stereocenters. The largest absolute Gasteiger partial charge is 0.508 e. The van der Waals surface area contributed by atoms with Gasteiger partial charge in [-0.3, -0.25) is 14.2 Å². The van der Waals surface area contributed by atoms with Crippen molar-refractivity contribution in [2.75, 3.05) is 13.1 Å². The zero-order valence-corrected chi connectivity index (χ0v) is 32.4. The number of aromatic hydroxyl groups is 2. The van der Waals surface area contributed by atoms with Gasteiger partial charge in [0.15, 0.2) is 0 Å². The van der Waals surface area contributed by atoms with Gasteiger partial charge in [-0.15, -0.1) is 0 Å². The van der Waals surface area contributed by atoms with Crippen LogP contribution in [0.2, 0.25) is 5.02 Å². The lowest BCUT2D eigenvalue weighted by Crippen LogP contribution is -2.42. The van der Waals surface area contributed by atoms with E-state index < -0.39 is 6.04 Å². The fourth-order valence-electron chi connectivity index (χ4n) is 6.83. The summed E-state index contributed by atoms with van der Waals surface area (Å²) in [6, 6.07) is 34.4. The molecule has 1 aliphatic rings. The Bertz CT molecular complexity index is 2450. The van der Waals surface area contributed by atoms with Crippen molar-refractivity contribution >= 4 is 34.0 Å². The molecule has 0 unspecified atom stereocenters. The Morgan fingerprint density at radius 2 is 1.62 bits per heavy atom. The van der Waals surface area contributed by atoms with Crippen molar-refractivity contribution < 1.29 is 19.7 Å². The highest BCUT2D eigenvalue weighted by atomic mass is 35.5. The fourth-order valence-corrected chi connectivity index (χ4v) is 7.00. The van der Waals surface area contributed by atoms with E-state index in [2.05, 4.69) is 6.58 Å². The second-order valence-corrected chi connectivity index (χ2v) is 14.5. The number of allylic oxidation sites excluding steroid dienone is 1. The van der Waals surface area contributed by atoms with Crippen molar-refractivity contribution in [1.82, 2.24) is 14.5 Å². The molecule has 7 rings (SSSR count). The molecule has 0 saturated carbocycles. The topological polar surface area (TPSA) is 131 Å². The third-order valence-corrected chi connectivity index (χ3v) is 9.73. The molecular formula is C46H45ClN4O5. The van der Waals surface area contributed by atoms with Crippen molar-refractivity contribution in [1.29, 1.82) is 0 Å². The molecule has 0 spiro atoms. The first-order chi connectivity index (χ1) is 26.9. The summed E-state index contributed by atoms with van der Waals surface area (Å²) in [5.74, 6) is 1.21. The number of phenolic OH excluding ortho intramolecular Hbond substituents is 2. The van der Waals surface area contributed by atoms with E-state index in [4.69, 9.17) is 27.1 Å². The number of carbonyl (C=O) groups is 1. The summed E-state index contributed by atoms with van der Waals surface area (Å²) in [7, 11) is 0. The number of ether oxygens (including phenoxy) is 1. The number of amides is 1. The van der Waals surface area contributed by atoms with Gasteiger partial charge in [-0.05, 0) is 73.3 Å². The van der Waals surface area contributed by atoms with Crippen LogP contribution in [0.4, 0.5) is 0 Å². The van der Waals surface area contributed by atoms with Crippen molar-refractivity contribution in [3.63, 3.8) is 0 Å². The number of carbonyl (C=O) groups excluding carboxylic acids is 1. The Labute approximate surface area is 331 Å².